The molecule has 0 fully saturated rings. The first-order valence-corrected chi connectivity index (χ1v) is 10.00. The van der Waals surface area contributed by atoms with Gasteiger partial charge in [0, 0.05) is 6.04 Å². The Morgan fingerprint density at radius 1 is 1.07 bits per heavy atom. The van der Waals surface area contributed by atoms with E-state index in [1.54, 1.807) is 26.0 Å². The van der Waals surface area contributed by atoms with Crippen LogP contribution < -0.4 is 4.72 Å². The van der Waals surface area contributed by atoms with Crippen molar-refractivity contribution < 1.29 is 26.7 Å². The number of fused-ring (bicyclic) bond motifs is 1. The first-order chi connectivity index (χ1) is 12.5. The molecular weight excluding hydrogens is 379 g/mol. The molecule has 3 rings (SSSR count). The SMILES string of the molecule is CC(C)c1ccc(S(=O)(=O)NC2Cc3ccc(O)cc3C2)c(C(F)(F)F)c1. The summed E-state index contributed by atoms with van der Waals surface area (Å²) in [5, 5.41) is 9.53. The molecule has 1 atom stereocenters. The summed E-state index contributed by atoms with van der Waals surface area (Å²) in [6.45, 7) is 3.49. The van der Waals surface area contributed by atoms with E-state index in [-0.39, 0.29) is 11.7 Å². The summed E-state index contributed by atoms with van der Waals surface area (Å²) < 4.78 is 68.2. The van der Waals surface area contributed by atoms with Gasteiger partial charge in [0.05, 0.1) is 10.5 Å². The van der Waals surface area contributed by atoms with Crippen molar-refractivity contribution >= 4 is 10.0 Å². The highest BCUT2D eigenvalue weighted by atomic mass is 32.2. The number of hydrogen-bond acceptors (Lipinski definition) is 3. The van der Waals surface area contributed by atoms with Crippen LogP contribution in [0, 0.1) is 0 Å². The second-order valence-electron chi connectivity index (χ2n) is 7.09. The topological polar surface area (TPSA) is 66.4 Å². The van der Waals surface area contributed by atoms with Gasteiger partial charge in [-0.2, -0.15) is 13.2 Å². The third-order valence-electron chi connectivity index (χ3n) is 4.71. The van der Waals surface area contributed by atoms with Gasteiger partial charge in [0.25, 0.3) is 0 Å². The standard InChI is InChI=1S/C19H20F3NO3S/c1-11(2)12-4-6-18(17(10-12)19(20,21)22)27(25,26)23-15-7-13-3-5-16(24)9-14(13)8-15/h3-6,9-11,15,23-24H,7-8H2,1-2H3. The van der Waals surface area contributed by atoms with Crippen molar-refractivity contribution in [1.82, 2.24) is 4.72 Å². The van der Waals surface area contributed by atoms with Gasteiger partial charge in [-0.1, -0.05) is 26.0 Å². The molecule has 4 nitrogen and oxygen atoms in total. The molecule has 146 valence electrons. The maximum absolute atomic E-state index is 13.5. The Balaban J connectivity index is 1.92. The molecule has 0 saturated heterocycles. The van der Waals surface area contributed by atoms with E-state index < -0.39 is 32.7 Å². The maximum atomic E-state index is 13.5. The highest BCUT2D eigenvalue weighted by molar-refractivity contribution is 7.89. The van der Waals surface area contributed by atoms with Crippen LogP contribution in [0.2, 0.25) is 0 Å². The van der Waals surface area contributed by atoms with Gasteiger partial charge < -0.3 is 5.11 Å². The summed E-state index contributed by atoms with van der Waals surface area (Å²) >= 11 is 0. The van der Waals surface area contributed by atoms with Crippen LogP contribution >= 0.6 is 0 Å². The van der Waals surface area contributed by atoms with Crippen molar-refractivity contribution in [2.45, 2.75) is 49.7 Å². The van der Waals surface area contributed by atoms with Gasteiger partial charge in [-0.15, -0.1) is 0 Å². The number of phenols is 1. The molecule has 0 aromatic heterocycles. The summed E-state index contributed by atoms with van der Waals surface area (Å²) in [5.74, 6) is -0.0892. The lowest BCUT2D eigenvalue weighted by atomic mass is 10.0. The van der Waals surface area contributed by atoms with E-state index in [1.165, 1.54) is 12.1 Å². The van der Waals surface area contributed by atoms with E-state index in [4.69, 9.17) is 0 Å². The fraction of sp³-hybridized carbons (Fsp3) is 0.368. The molecule has 1 aliphatic carbocycles. The predicted molar refractivity (Wildman–Crippen MR) is 95.2 cm³/mol. The number of aromatic hydroxyl groups is 1. The third kappa shape index (κ3) is 4.11. The van der Waals surface area contributed by atoms with Crippen LogP contribution in [-0.4, -0.2) is 19.6 Å². The molecule has 2 aromatic carbocycles. The Bertz CT molecular complexity index is 969. The zero-order chi connectivity index (χ0) is 20.0. The average Bonchev–Trinajstić information content (AvgIpc) is 2.93. The number of nitrogens with one attached hydrogen (secondary N) is 1. The summed E-state index contributed by atoms with van der Waals surface area (Å²) in [7, 11) is -4.36. The van der Waals surface area contributed by atoms with Crippen LogP contribution in [0.25, 0.3) is 0 Å². The fourth-order valence-corrected chi connectivity index (χ4v) is 4.78. The smallest absolute Gasteiger partial charge is 0.417 e. The molecule has 0 spiro atoms. The Morgan fingerprint density at radius 3 is 2.37 bits per heavy atom. The average molecular weight is 399 g/mol. The Labute approximate surface area is 156 Å². The first-order valence-electron chi connectivity index (χ1n) is 8.51. The molecular formula is C19H20F3NO3S. The quantitative estimate of drug-likeness (QED) is 0.817. The van der Waals surface area contributed by atoms with Gasteiger partial charge in [0.2, 0.25) is 10.0 Å². The van der Waals surface area contributed by atoms with Crippen molar-refractivity contribution in [3.05, 3.63) is 58.7 Å². The first kappa shape index (κ1) is 19.7. The largest absolute Gasteiger partial charge is 0.508 e. The number of sulfonamides is 1. The minimum absolute atomic E-state index is 0.0703. The van der Waals surface area contributed by atoms with E-state index in [1.807, 2.05) is 0 Å². The molecule has 0 heterocycles. The van der Waals surface area contributed by atoms with Gasteiger partial charge in [-0.05, 0) is 59.7 Å². The molecule has 1 aliphatic rings. The van der Waals surface area contributed by atoms with Crippen molar-refractivity contribution in [3.8, 4) is 5.75 Å². The third-order valence-corrected chi connectivity index (χ3v) is 6.29. The minimum atomic E-state index is -4.78. The van der Waals surface area contributed by atoms with Crippen molar-refractivity contribution in [2.24, 2.45) is 0 Å². The number of hydrogen-bond donors (Lipinski definition) is 2. The van der Waals surface area contributed by atoms with E-state index >= 15 is 0 Å². The number of phenolic OH excluding ortho intramolecular Hbond substituents is 1. The highest BCUT2D eigenvalue weighted by Gasteiger charge is 2.38. The molecule has 1 unspecified atom stereocenters. The van der Waals surface area contributed by atoms with E-state index in [2.05, 4.69) is 4.72 Å². The summed E-state index contributed by atoms with van der Waals surface area (Å²) in [5.41, 5.74) is 0.917. The van der Waals surface area contributed by atoms with E-state index in [0.717, 1.165) is 23.3 Å². The number of alkyl halides is 3. The number of rotatable bonds is 4. The van der Waals surface area contributed by atoms with Crippen LogP contribution in [0.15, 0.2) is 41.3 Å². The van der Waals surface area contributed by atoms with Crippen molar-refractivity contribution in [1.29, 1.82) is 0 Å². The zero-order valence-corrected chi connectivity index (χ0v) is 15.7. The molecule has 0 bridgehead atoms. The fourth-order valence-electron chi connectivity index (χ4n) is 3.33. The van der Waals surface area contributed by atoms with Crippen LogP contribution in [-0.2, 0) is 29.0 Å². The maximum Gasteiger partial charge on any atom is 0.417 e. The minimum Gasteiger partial charge on any atom is -0.508 e. The summed E-state index contributed by atoms with van der Waals surface area (Å²) in [6, 6.07) is 7.52. The van der Waals surface area contributed by atoms with Gasteiger partial charge >= 0.3 is 6.18 Å². The lowest BCUT2D eigenvalue weighted by molar-refractivity contribution is -0.139. The Kier molecular flexibility index (Phi) is 4.98. The van der Waals surface area contributed by atoms with Crippen molar-refractivity contribution in [3.63, 3.8) is 0 Å². The van der Waals surface area contributed by atoms with Crippen LogP contribution in [0.1, 0.15) is 42.0 Å². The molecule has 8 heteroatoms. The normalized spacial score (nSPS) is 17.3. The zero-order valence-electron chi connectivity index (χ0n) is 14.8. The number of benzene rings is 2. The monoisotopic (exact) mass is 399 g/mol. The second kappa shape index (κ2) is 6.83. The highest BCUT2D eigenvalue weighted by Crippen LogP contribution is 2.36. The Morgan fingerprint density at radius 2 is 1.74 bits per heavy atom. The van der Waals surface area contributed by atoms with Crippen molar-refractivity contribution in [2.75, 3.05) is 0 Å². The summed E-state index contributed by atoms with van der Waals surface area (Å²) in [6.07, 6.45) is -4.10. The van der Waals surface area contributed by atoms with E-state index in [9.17, 15) is 26.7 Å². The summed E-state index contributed by atoms with van der Waals surface area (Å²) in [4.78, 5) is -0.766. The molecule has 0 amide bonds. The van der Waals surface area contributed by atoms with E-state index in [0.29, 0.717) is 18.4 Å². The predicted octanol–water partition coefficient (Wildman–Crippen LogP) is 3.98. The number of halogens is 3. The molecule has 2 N–H and O–H groups in total. The van der Waals surface area contributed by atoms with Gasteiger partial charge in [-0.25, -0.2) is 13.1 Å². The van der Waals surface area contributed by atoms with Gasteiger partial charge in [0.15, 0.2) is 0 Å². The lowest BCUT2D eigenvalue weighted by Crippen LogP contribution is -2.36. The lowest BCUT2D eigenvalue weighted by Gasteiger charge is -2.18. The molecule has 2 aromatic rings. The molecule has 0 aliphatic heterocycles. The van der Waals surface area contributed by atoms with Crippen LogP contribution in [0.5, 0.6) is 5.75 Å². The molecule has 27 heavy (non-hydrogen) atoms. The molecule has 0 radical (unpaired) electrons. The second-order valence-corrected chi connectivity index (χ2v) is 8.77. The Hall–Kier alpha value is -2.06. The van der Waals surface area contributed by atoms with Crippen LogP contribution in [0.3, 0.4) is 0 Å². The van der Waals surface area contributed by atoms with Gasteiger partial charge in [-0.3, -0.25) is 0 Å². The molecule has 0 saturated carbocycles. The van der Waals surface area contributed by atoms with Crippen LogP contribution in [0.4, 0.5) is 13.2 Å². The van der Waals surface area contributed by atoms with Gasteiger partial charge in [0.1, 0.15) is 5.75 Å².